The third kappa shape index (κ3) is 2.33. The predicted octanol–water partition coefficient (Wildman–Crippen LogP) is -0.0844. The lowest BCUT2D eigenvalue weighted by Crippen LogP contribution is -2.56. The molecule has 18 heavy (non-hydrogen) atoms. The van der Waals surface area contributed by atoms with Crippen LogP contribution in [-0.2, 0) is 9.59 Å². The first-order valence-corrected chi connectivity index (χ1v) is 6.68. The number of aromatic nitrogens is 3. The van der Waals surface area contributed by atoms with Crippen LogP contribution in [0.15, 0.2) is 12.7 Å². The molecule has 0 aromatic carbocycles. The summed E-state index contributed by atoms with van der Waals surface area (Å²) in [7, 11) is 0. The SMILES string of the molecule is CC(C(=O)NC1(C(=O)O)CCSC1)n1cncn1. The molecule has 0 saturated carbocycles. The number of rotatable bonds is 4. The van der Waals surface area contributed by atoms with Crippen molar-refractivity contribution in [3.05, 3.63) is 12.7 Å². The lowest BCUT2D eigenvalue weighted by atomic mass is 9.99. The zero-order chi connectivity index (χ0) is 13.2. The maximum absolute atomic E-state index is 12.0. The molecule has 1 aromatic heterocycles. The molecular weight excluding hydrogens is 256 g/mol. The topological polar surface area (TPSA) is 97.1 Å². The highest BCUT2D eigenvalue weighted by molar-refractivity contribution is 7.99. The van der Waals surface area contributed by atoms with Gasteiger partial charge in [0, 0.05) is 5.75 Å². The second-order valence-electron chi connectivity index (χ2n) is 4.23. The predicted molar refractivity (Wildman–Crippen MR) is 65.2 cm³/mol. The first-order chi connectivity index (χ1) is 8.55. The Kier molecular flexibility index (Phi) is 3.55. The minimum absolute atomic E-state index is 0.356. The summed E-state index contributed by atoms with van der Waals surface area (Å²) in [5.41, 5.74) is -1.14. The fourth-order valence-corrected chi connectivity index (χ4v) is 3.09. The number of hydrogen-bond acceptors (Lipinski definition) is 5. The van der Waals surface area contributed by atoms with Crippen LogP contribution >= 0.6 is 11.8 Å². The summed E-state index contributed by atoms with van der Waals surface area (Å²) in [6.07, 6.45) is 3.21. The number of nitrogens with one attached hydrogen (secondary N) is 1. The van der Waals surface area contributed by atoms with Crippen molar-refractivity contribution in [2.24, 2.45) is 0 Å². The molecule has 8 heteroatoms. The molecule has 2 heterocycles. The van der Waals surface area contributed by atoms with Crippen LogP contribution in [0.3, 0.4) is 0 Å². The summed E-state index contributed by atoms with van der Waals surface area (Å²) in [5.74, 6) is -0.195. The fourth-order valence-electron chi connectivity index (χ4n) is 1.76. The highest BCUT2D eigenvalue weighted by Gasteiger charge is 2.44. The summed E-state index contributed by atoms with van der Waals surface area (Å²) in [6, 6.07) is -0.575. The molecule has 0 radical (unpaired) electrons. The Hall–Kier alpha value is -1.57. The van der Waals surface area contributed by atoms with Gasteiger partial charge in [0.25, 0.3) is 0 Å². The average Bonchev–Trinajstić information content (AvgIpc) is 2.99. The molecule has 1 amide bonds. The lowest BCUT2D eigenvalue weighted by Gasteiger charge is -2.26. The third-order valence-corrected chi connectivity index (χ3v) is 4.20. The van der Waals surface area contributed by atoms with Crippen molar-refractivity contribution in [3.63, 3.8) is 0 Å². The van der Waals surface area contributed by atoms with Crippen LogP contribution in [0.1, 0.15) is 19.4 Å². The number of carboxylic acid groups (broad SMARTS) is 1. The van der Waals surface area contributed by atoms with Crippen LogP contribution in [0.2, 0.25) is 0 Å². The quantitative estimate of drug-likeness (QED) is 0.794. The van der Waals surface area contributed by atoms with E-state index >= 15 is 0 Å². The largest absolute Gasteiger partial charge is 0.479 e. The molecule has 1 aromatic rings. The Balaban J connectivity index is 2.08. The maximum atomic E-state index is 12.0. The van der Waals surface area contributed by atoms with Crippen LogP contribution in [0, 0.1) is 0 Å². The molecule has 7 nitrogen and oxygen atoms in total. The summed E-state index contributed by atoms with van der Waals surface area (Å²) >= 11 is 1.53. The van der Waals surface area contributed by atoms with Gasteiger partial charge in [-0.15, -0.1) is 0 Å². The number of amides is 1. The van der Waals surface area contributed by atoms with E-state index < -0.39 is 17.6 Å². The molecule has 0 spiro atoms. The van der Waals surface area contributed by atoms with Crippen LogP contribution in [-0.4, -0.2) is 48.8 Å². The van der Waals surface area contributed by atoms with E-state index in [4.69, 9.17) is 0 Å². The highest BCUT2D eigenvalue weighted by Crippen LogP contribution is 2.28. The zero-order valence-corrected chi connectivity index (χ0v) is 10.7. The van der Waals surface area contributed by atoms with Crippen molar-refractivity contribution in [2.75, 3.05) is 11.5 Å². The zero-order valence-electron chi connectivity index (χ0n) is 9.87. The van der Waals surface area contributed by atoms with Crippen LogP contribution in [0.25, 0.3) is 0 Å². The third-order valence-electron chi connectivity index (χ3n) is 3.01. The summed E-state index contributed by atoms with van der Waals surface area (Å²) < 4.78 is 1.40. The normalized spacial score (nSPS) is 24.7. The van der Waals surface area contributed by atoms with Gasteiger partial charge < -0.3 is 10.4 Å². The molecule has 98 valence electrons. The van der Waals surface area contributed by atoms with E-state index in [0.717, 1.165) is 5.75 Å². The van der Waals surface area contributed by atoms with Crippen molar-refractivity contribution >= 4 is 23.6 Å². The van der Waals surface area contributed by atoms with E-state index in [1.807, 2.05) is 0 Å². The Morgan fingerprint density at radius 1 is 1.61 bits per heavy atom. The van der Waals surface area contributed by atoms with E-state index in [1.165, 1.54) is 29.1 Å². The molecule has 1 aliphatic rings. The molecule has 0 aliphatic carbocycles. The minimum atomic E-state index is -1.14. The van der Waals surface area contributed by atoms with Gasteiger partial charge >= 0.3 is 5.97 Å². The van der Waals surface area contributed by atoms with E-state index in [1.54, 1.807) is 6.92 Å². The Morgan fingerprint density at radius 2 is 2.39 bits per heavy atom. The second-order valence-corrected chi connectivity index (χ2v) is 5.34. The van der Waals surface area contributed by atoms with Crippen LogP contribution in [0.4, 0.5) is 0 Å². The van der Waals surface area contributed by atoms with Gasteiger partial charge in [-0.25, -0.2) is 14.5 Å². The molecule has 2 rings (SSSR count). The first-order valence-electron chi connectivity index (χ1n) is 5.52. The lowest BCUT2D eigenvalue weighted by molar-refractivity contribution is -0.147. The van der Waals surface area contributed by atoms with Crippen molar-refractivity contribution in [1.29, 1.82) is 0 Å². The molecule has 2 N–H and O–H groups in total. The molecule has 1 fully saturated rings. The van der Waals surface area contributed by atoms with Gasteiger partial charge in [-0.05, 0) is 19.1 Å². The van der Waals surface area contributed by atoms with Crippen molar-refractivity contribution in [3.8, 4) is 0 Å². The van der Waals surface area contributed by atoms with Crippen molar-refractivity contribution in [1.82, 2.24) is 20.1 Å². The van der Waals surface area contributed by atoms with E-state index in [9.17, 15) is 14.7 Å². The number of nitrogens with zero attached hydrogens (tertiary/aromatic N) is 3. The number of thioether (sulfide) groups is 1. The average molecular weight is 270 g/mol. The van der Waals surface area contributed by atoms with Gasteiger partial charge in [0.05, 0.1) is 0 Å². The minimum Gasteiger partial charge on any atom is -0.479 e. The molecular formula is C10H14N4O3S. The number of carboxylic acids is 1. The Bertz CT molecular complexity index is 442. The molecule has 1 aliphatic heterocycles. The first kappa shape index (κ1) is 12.9. The van der Waals surface area contributed by atoms with E-state index in [2.05, 4.69) is 15.4 Å². The summed E-state index contributed by atoms with van der Waals surface area (Å²) in [5, 5.41) is 15.8. The van der Waals surface area contributed by atoms with Crippen LogP contribution in [0.5, 0.6) is 0 Å². The van der Waals surface area contributed by atoms with Gasteiger partial charge in [-0.3, -0.25) is 4.79 Å². The summed E-state index contributed by atoms with van der Waals surface area (Å²) in [4.78, 5) is 27.1. The second kappa shape index (κ2) is 4.97. The molecule has 1 saturated heterocycles. The van der Waals surface area contributed by atoms with Gasteiger partial charge in [-0.2, -0.15) is 16.9 Å². The Labute approximate surface area is 108 Å². The number of aliphatic carboxylic acids is 1. The fraction of sp³-hybridized carbons (Fsp3) is 0.600. The number of carbonyl (C=O) groups excluding carboxylic acids is 1. The molecule has 0 bridgehead atoms. The molecule has 2 atom stereocenters. The van der Waals surface area contributed by atoms with E-state index in [-0.39, 0.29) is 5.91 Å². The Morgan fingerprint density at radius 3 is 2.89 bits per heavy atom. The van der Waals surface area contributed by atoms with Crippen molar-refractivity contribution < 1.29 is 14.7 Å². The van der Waals surface area contributed by atoms with Gasteiger partial charge in [-0.1, -0.05) is 0 Å². The van der Waals surface area contributed by atoms with Crippen molar-refractivity contribution in [2.45, 2.75) is 24.9 Å². The number of carbonyl (C=O) groups is 2. The van der Waals surface area contributed by atoms with Gasteiger partial charge in [0.1, 0.15) is 24.2 Å². The standard InChI is InChI=1S/C10H14N4O3S/c1-7(14-6-11-5-12-14)8(15)13-10(9(16)17)2-3-18-4-10/h5-7H,2-4H2,1H3,(H,13,15)(H,16,17). The van der Waals surface area contributed by atoms with Gasteiger partial charge in [0.2, 0.25) is 5.91 Å². The maximum Gasteiger partial charge on any atom is 0.330 e. The summed E-state index contributed by atoms with van der Waals surface area (Å²) in [6.45, 7) is 1.65. The number of hydrogen-bond donors (Lipinski definition) is 2. The highest BCUT2D eigenvalue weighted by atomic mass is 32.2. The smallest absolute Gasteiger partial charge is 0.330 e. The van der Waals surface area contributed by atoms with Gasteiger partial charge in [0.15, 0.2) is 0 Å². The monoisotopic (exact) mass is 270 g/mol. The van der Waals surface area contributed by atoms with E-state index in [0.29, 0.717) is 12.2 Å². The van der Waals surface area contributed by atoms with Crippen LogP contribution < -0.4 is 5.32 Å². The molecule has 2 unspecified atom stereocenters.